The van der Waals surface area contributed by atoms with Gasteiger partial charge in [-0.1, -0.05) is 12.2 Å². The number of carboxylic acids is 2. The summed E-state index contributed by atoms with van der Waals surface area (Å²) in [6, 6.07) is -1.99. The lowest BCUT2D eigenvalue weighted by atomic mass is 10.2. The smallest absolute Gasteiger partial charge is 0.330 e. The summed E-state index contributed by atoms with van der Waals surface area (Å²) in [5, 5.41) is 19.4. The van der Waals surface area contributed by atoms with E-state index in [0.717, 1.165) is 0 Å². The summed E-state index contributed by atoms with van der Waals surface area (Å²) in [7, 11) is 0. The summed E-state index contributed by atoms with van der Waals surface area (Å²) in [5.74, 6) is -2.79. The van der Waals surface area contributed by atoms with Crippen LogP contribution in [0.25, 0.3) is 0 Å². The van der Waals surface area contributed by atoms with Gasteiger partial charge in [-0.25, -0.2) is 4.79 Å². The van der Waals surface area contributed by atoms with Crippen molar-refractivity contribution in [2.45, 2.75) is 31.8 Å². The Balaban J connectivity index is 4.30. The van der Waals surface area contributed by atoms with Crippen molar-refractivity contribution in [3.63, 3.8) is 0 Å². The highest BCUT2D eigenvalue weighted by atomic mass is 16.4. The van der Waals surface area contributed by atoms with Crippen LogP contribution in [0.1, 0.15) is 19.8 Å². The first-order valence-corrected chi connectivity index (χ1v) is 5.01. The molecule has 0 rings (SSSR count). The van der Waals surface area contributed by atoms with Gasteiger partial charge in [-0.05, 0) is 13.3 Å². The summed E-state index contributed by atoms with van der Waals surface area (Å²) in [6.45, 7) is 1.43. The molecule has 5 N–H and O–H groups in total. The third-order valence-electron chi connectivity index (χ3n) is 1.83. The average molecular weight is 244 g/mol. The normalized spacial score (nSPS) is 14.2. The minimum atomic E-state index is -1.23. The number of amides is 1. The second-order valence-electron chi connectivity index (χ2n) is 3.47. The zero-order valence-electron chi connectivity index (χ0n) is 9.42. The fourth-order valence-electron chi connectivity index (χ4n) is 0.916. The number of carbonyl (C=O) groups excluding carboxylic acids is 1. The third-order valence-corrected chi connectivity index (χ3v) is 1.83. The predicted molar refractivity (Wildman–Crippen MR) is 59.2 cm³/mol. The quantitative estimate of drug-likeness (QED) is 0.439. The average Bonchev–Trinajstić information content (AvgIpc) is 2.21. The first kappa shape index (κ1) is 15.1. The maximum Gasteiger partial charge on any atom is 0.330 e. The Bertz CT molecular complexity index is 325. The summed E-state index contributed by atoms with van der Waals surface area (Å²) in [4.78, 5) is 32.1. The highest BCUT2D eigenvalue weighted by molar-refractivity contribution is 5.87. The van der Waals surface area contributed by atoms with Gasteiger partial charge in [0.2, 0.25) is 5.91 Å². The van der Waals surface area contributed by atoms with Gasteiger partial charge in [-0.15, -0.1) is 0 Å². The minimum absolute atomic E-state index is 0.0932. The van der Waals surface area contributed by atoms with E-state index < -0.39 is 29.9 Å². The van der Waals surface area contributed by atoms with Crippen LogP contribution in [0.3, 0.4) is 0 Å². The molecule has 7 nitrogen and oxygen atoms in total. The molecule has 0 spiro atoms. The lowest BCUT2D eigenvalue weighted by Crippen LogP contribution is -2.46. The predicted octanol–water partition coefficient (Wildman–Crippen LogP) is -0.676. The molecule has 0 bridgehead atoms. The van der Waals surface area contributed by atoms with Gasteiger partial charge in [0.15, 0.2) is 0 Å². The molecule has 0 radical (unpaired) electrons. The van der Waals surface area contributed by atoms with Gasteiger partial charge in [-0.2, -0.15) is 0 Å². The second-order valence-corrected chi connectivity index (χ2v) is 3.47. The Morgan fingerprint density at radius 2 is 1.94 bits per heavy atom. The molecule has 0 aliphatic rings. The van der Waals surface area contributed by atoms with Crippen molar-refractivity contribution in [2.75, 3.05) is 0 Å². The molecule has 96 valence electrons. The van der Waals surface area contributed by atoms with Gasteiger partial charge in [0, 0.05) is 6.42 Å². The number of aliphatic carboxylic acids is 2. The van der Waals surface area contributed by atoms with Crippen molar-refractivity contribution in [1.29, 1.82) is 0 Å². The van der Waals surface area contributed by atoms with E-state index in [-0.39, 0.29) is 12.8 Å². The van der Waals surface area contributed by atoms with Crippen molar-refractivity contribution >= 4 is 17.8 Å². The van der Waals surface area contributed by atoms with Gasteiger partial charge in [0.1, 0.15) is 6.04 Å². The van der Waals surface area contributed by atoms with Crippen LogP contribution in [0.5, 0.6) is 0 Å². The molecule has 1 amide bonds. The van der Waals surface area contributed by atoms with Gasteiger partial charge in [0.25, 0.3) is 0 Å². The molecule has 0 aromatic carbocycles. The van der Waals surface area contributed by atoms with Crippen molar-refractivity contribution in [3.8, 4) is 0 Å². The highest BCUT2D eigenvalue weighted by Crippen LogP contribution is 1.95. The molecule has 0 aromatic rings. The van der Waals surface area contributed by atoms with Gasteiger partial charge in [0.05, 0.1) is 6.04 Å². The van der Waals surface area contributed by atoms with E-state index in [1.165, 1.54) is 19.1 Å². The van der Waals surface area contributed by atoms with Gasteiger partial charge >= 0.3 is 11.9 Å². The topological polar surface area (TPSA) is 130 Å². The number of hydrogen-bond acceptors (Lipinski definition) is 4. The molecule has 0 aliphatic heterocycles. The van der Waals surface area contributed by atoms with Crippen LogP contribution in [-0.2, 0) is 14.4 Å². The van der Waals surface area contributed by atoms with Crippen molar-refractivity contribution in [1.82, 2.24) is 5.32 Å². The van der Waals surface area contributed by atoms with E-state index >= 15 is 0 Å². The third kappa shape index (κ3) is 7.07. The summed E-state index contributed by atoms with van der Waals surface area (Å²) < 4.78 is 0. The monoisotopic (exact) mass is 244 g/mol. The molecular formula is C10H16N2O5. The molecule has 0 aliphatic carbocycles. The minimum Gasteiger partial charge on any atom is -0.481 e. The van der Waals surface area contributed by atoms with Gasteiger partial charge in [-0.3, -0.25) is 9.59 Å². The van der Waals surface area contributed by atoms with Crippen LogP contribution >= 0.6 is 0 Å². The number of nitrogens with one attached hydrogen (secondary N) is 1. The summed E-state index contributed by atoms with van der Waals surface area (Å²) in [5.41, 5.74) is 5.27. The van der Waals surface area contributed by atoms with Crippen molar-refractivity contribution in [3.05, 3.63) is 12.2 Å². The van der Waals surface area contributed by atoms with E-state index in [9.17, 15) is 14.4 Å². The fourth-order valence-corrected chi connectivity index (χ4v) is 0.916. The summed E-state index contributed by atoms with van der Waals surface area (Å²) >= 11 is 0. The maximum absolute atomic E-state index is 11.2. The Morgan fingerprint density at radius 1 is 1.35 bits per heavy atom. The number of rotatable bonds is 7. The number of carboxylic acid groups (broad SMARTS) is 2. The van der Waals surface area contributed by atoms with Crippen molar-refractivity contribution in [2.24, 2.45) is 5.73 Å². The van der Waals surface area contributed by atoms with E-state index in [1.807, 2.05) is 0 Å². The maximum atomic E-state index is 11.2. The molecule has 0 saturated heterocycles. The van der Waals surface area contributed by atoms with Gasteiger partial charge < -0.3 is 21.3 Å². The molecule has 2 atom stereocenters. The van der Waals surface area contributed by atoms with E-state index in [0.29, 0.717) is 0 Å². The standard InChI is InChI=1S/C10H16N2O5/c1-6(11)9(15)12-7(10(16)17)4-2-3-5-8(13)14/h2,4,6-7H,3,5,11H2,1H3,(H,12,15)(H,13,14)(H,16,17). The molecule has 0 saturated carbocycles. The Morgan fingerprint density at radius 3 is 2.35 bits per heavy atom. The number of carbonyl (C=O) groups is 3. The fraction of sp³-hybridized carbons (Fsp3) is 0.500. The molecule has 0 fully saturated rings. The largest absolute Gasteiger partial charge is 0.481 e. The molecule has 17 heavy (non-hydrogen) atoms. The Labute approximate surface area is 98.3 Å². The lowest BCUT2D eigenvalue weighted by Gasteiger charge is -2.12. The highest BCUT2D eigenvalue weighted by Gasteiger charge is 2.18. The molecule has 7 heteroatoms. The molecular weight excluding hydrogens is 228 g/mol. The van der Waals surface area contributed by atoms with Crippen LogP contribution in [0.2, 0.25) is 0 Å². The zero-order chi connectivity index (χ0) is 13.4. The molecule has 0 aromatic heterocycles. The Kier molecular flexibility index (Phi) is 6.57. The number of allylic oxidation sites excluding steroid dienone is 1. The number of nitrogens with two attached hydrogens (primary N) is 1. The van der Waals surface area contributed by atoms with Crippen LogP contribution < -0.4 is 11.1 Å². The first-order chi connectivity index (χ1) is 7.84. The number of hydrogen-bond donors (Lipinski definition) is 4. The van der Waals surface area contributed by atoms with E-state index in [2.05, 4.69) is 5.32 Å². The lowest BCUT2D eigenvalue weighted by molar-refractivity contribution is -0.140. The van der Waals surface area contributed by atoms with Crippen LogP contribution in [0, 0.1) is 0 Å². The van der Waals surface area contributed by atoms with E-state index in [4.69, 9.17) is 15.9 Å². The SMILES string of the molecule is CC(N)C(=O)NC(C=CCCC(=O)O)C(=O)O. The molecule has 2 unspecified atom stereocenters. The van der Waals surface area contributed by atoms with Crippen molar-refractivity contribution < 1.29 is 24.6 Å². The van der Waals surface area contributed by atoms with E-state index in [1.54, 1.807) is 0 Å². The summed E-state index contributed by atoms with van der Waals surface area (Å²) in [6.07, 6.45) is 2.73. The van der Waals surface area contributed by atoms with Crippen LogP contribution in [0.4, 0.5) is 0 Å². The Hall–Kier alpha value is -1.89. The first-order valence-electron chi connectivity index (χ1n) is 5.01. The van der Waals surface area contributed by atoms with Crippen LogP contribution in [-0.4, -0.2) is 40.1 Å². The second kappa shape index (κ2) is 7.39. The zero-order valence-corrected chi connectivity index (χ0v) is 9.42. The molecule has 0 heterocycles. The van der Waals surface area contributed by atoms with Crippen LogP contribution in [0.15, 0.2) is 12.2 Å².